The van der Waals surface area contributed by atoms with Gasteiger partial charge in [0.2, 0.25) is 5.91 Å². The summed E-state index contributed by atoms with van der Waals surface area (Å²) in [5, 5.41) is 13.1. The predicted molar refractivity (Wildman–Crippen MR) is 90.2 cm³/mol. The van der Waals surface area contributed by atoms with Crippen molar-refractivity contribution >= 4 is 24.1 Å². The van der Waals surface area contributed by atoms with E-state index in [0.29, 0.717) is 0 Å². The third-order valence-electron chi connectivity index (χ3n) is 2.83. The lowest BCUT2D eigenvalue weighted by atomic mass is 10.2. The Balaban J connectivity index is 2.49. The molecule has 0 aliphatic heterocycles. The Bertz CT molecular complexity index is 653. The van der Waals surface area contributed by atoms with Crippen molar-refractivity contribution in [2.45, 2.75) is 45.4 Å². The average Bonchev–Trinajstić information content (AvgIpc) is 2.51. The van der Waals surface area contributed by atoms with Crippen LogP contribution < -0.4 is 10.6 Å². The zero-order valence-electron chi connectivity index (χ0n) is 14.8. The Kier molecular flexibility index (Phi) is 7.57. The number of hydrogen-bond acceptors (Lipinski definition) is 6. The Morgan fingerprint density at radius 3 is 2.23 bits per heavy atom. The minimum Gasteiger partial charge on any atom is -0.480 e. The van der Waals surface area contributed by atoms with Crippen LogP contribution in [0.15, 0.2) is 30.3 Å². The number of rotatable bonds is 6. The highest BCUT2D eigenvalue weighted by Crippen LogP contribution is 2.07. The number of benzene rings is 1. The lowest BCUT2D eigenvalue weighted by molar-refractivity contribution is -0.141. The van der Waals surface area contributed by atoms with Crippen LogP contribution in [-0.2, 0) is 25.7 Å². The first-order valence-corrected chi connectivity index (χ1v) is 7.79. The number of carboxylic acids is 1. The van der Waals surface area contributed by atoms with E-state index in [1.807, 2.05) is 5.32 Å². The van der Waals surface area contributed by atoms with Gasteiger partial charge in [-0.3, -0.25) is 10.1 Å². The molecule has 0 radical (unpaired) electrons. The molecule has 0 aliphatic carbocycles. The predicted octanol–water partition coefficient (Wildman–Crippen LogP) is 1.81. The molecule has 1 aromatic carbocycles. The van der Waals surface area contributed by atoms with Crippen molar-refractivity contribution in [3.8, 4) is 0 Å². The molecule has 26 heavy (non-hydrogen) atoms. The molecule has 1 atom stereocenters. The van der Waals surface area contributed by atoms with Crippen molar-refractivity contribution in [3.63, 3.8) is 0 Å². The number of imide groups is 1. The van der Waals surface area contributed by atoms with E-state index in [2.05, 4.69) is 5.32 Å². The van der Waals surface area contributed by atoms with Crippen LogP contribution in [0.25, 0.3) is 0 Å². The Morgan fingerprint density at radius 2 is 1.69 bits per heavy atom. The van der Waals surface area contributed by atoms with E-state index < -0.39 is 42.1 Å². The van der Waals surface area contributed by atoms with Crippen LogP contribution in [0, 0.1) is 0 Å². The Labute approximate surface area is 150 Å². The molecule has 0 saturated heterocycles. The second-order valence-electron chi connectivity index (χ2n) is 6.35. The molecule has 3 N–H and O–H groups in total. The zero-order valence-corrected chi connectivity index (χ0v) is 14.8. The number of carbonyl (C=O) groups is 4. The highest BCUT2D eigenvalue weighted by atomic mass is 16.6. The van der Waals surface area contributed by atoms with Gasteiger partial charge in [0.1, 0.15) is 18.2 Å². The summed E-state index contributed by atoms with van der Waals surface area (Å²) in [5.74, 6) is -2.35. The fraction of sp³-hybridized carbons (Fsp3) is 0.412. The van der Waals surface area contributed by atoms with Gasteiger partial charge in [0.25, 0.3) is 0 Å². The lowest BCUT2D eigenvalue weighted by Crippen LogP contribution is -2.45. The number of carboxylic acid groups (broad SMARTS) is 1. The number of aliphatic carboxylic acids is 1. The quantitative estimate of drug-likeness (QED) is 0.699. The fourth-order valence-electron chi connectivity index (χ4n) is 1.76. The van der Waals surface area contributed by atoms with Gasteiger partial charge in [0, 0.05) is 0 Å². The van der Waals surface area contributed by atoms with Crippen molar-refractivity contribution in [1.82, 2.24) is 10.6 Å². The van der Waals surface area contributed by atoms with E-state index in [-0.39, 0.29) is 6.61 Å². The van der Waals surface area contributed by atoms with Gasteiger partial charge in [0.15, 0.2) is 0 Å². The minimum atomic E-state index is -1.55. The molecule has 1 aromatic rings. The SMILES string of the molecule is CC(C)(C)OC(=O)NC(=O)C[C@H](NC(=O)OCc1ccccc1)C(=O)O. The van der Waals surface area contributed by atoms with Crippen molar-refractivity contribution in [1.29, 1.82) is 0 Å². The van der Waals surface area contributed by atoms with E-state index in [0.717, 1.165) is 5.56 Å². The maximum Gasteiger partial charge on any atom is 0.414 e. The van der Waals surface area contributed by atoms with Crippen LogP contribution in [0.5, 0.6) is 0 Å². The Hall–Kier alpha value is -3.10. The number of carbonyl (C=O) groups excluding carboxylic acids is 3. The Morgan fingerprint density at radius 1 is 1.08 bits per heavy atom. The van der Waals surface area contributed by atoms with Gasteiger partial charge in [-0.05, 0) is 26.3 Å². The van der Waals surface area contributed by atoms with Crippen LogP contribution in [0.4, 0.5) is 9.59 Å². The van der Waals surface area contributed by atoms with Gasteiger partial charge in [-0.1, -0.05) is 30.3 Å². The van der Waals surface area contributed by atoms with Crippen LogP contribution in [-0.4, -0.2) is 40.8 Å². The molecule has 0 bridgehead atoms. The largest absolute Gasteiger partial charge is 0.480 e. The normalized spacial score (nSPS) is 11.8. The molecule has 9 heteroatoms. The zero-order chi connectivity index (χ0) is 19.7. The number of ether oxygens (including phenoxy) is 2. The fourth-order valence-corrected chi connectivity index (χ4v) is 1.76. The lowest BCUT2D eigenvalue weighted by Gasteiger charge is -2.19. The first-order valence-electron chi connectivity index (χ1n) is 7.79. The van der Waals surface area contributed by atoms with Gasteiger partial charge in [-0.15, -0.1) is 0 Å². The van der Waals surface area contributed by atoms with E-state index in [4.69, 9.17) is 14.6 Å². The van der Waals surface area contributed by atoms with Crippen molar-refractivity contribution in [2.75, 3.05) is 0 Å². The summed E-state index contributed by atoms with van der Waals surface area (Å²) in [6.07, 6.45) is -2.65. The first-order chi connectivity index (χ1) is 12.1. The second kappa shape index (κ2) is 9.40. The molecule has 142 valence electrons. The van der Waals surface area contributed by atoms with Crippen molar-refractivity contribution < 1.29 is 33.8 Å². The molecule has 0 unspecified atom stereocenters. The van der Waals surface area contributed by atoms with Crippen LogP contribution in [0.3, 0.4) is 0 Å². The van der Waals surface area contributed by atoms with Crippen molar-refractivity contribution in [3.05, 3.63) is 35.9 Å². The van der Waals surface area contributed by atoms with Gasteiger partial charge in [-0.2, -0.15) is 0 Å². The standard InChI is InChI=1S/C17H22N2O7/c1-17(2,3)26-16(24)19-13(20)9-12(14(21)22)18-15(23)25-10-11-7-5-4-6-8-11/h4-8,12H,9-10H2,1-3H3,(H,18,23)(H,21,22)(H,19,20,24)/t12-/m0/s1. The summed E-state index contributed by atoms with van der Waals surface area (Å²) in [5.41, 5.74) is -0.0898. The summed E-state index contributed by atoms with van der Waals surface area (Å²) in [6, 6.07) is 7.23. The van der Waals surface area contributed by atoms with E-state index in [1.54, 1.807) is 51.1 Å². The number of nitrogens with one attached hydrogen (secondary N) is 2. The van der Waals surface area contributed by atoms with Gasteiger partial charge in [0.05, 0.1) is 6.42 Å². The third kappa shape index (κ3) is 8.67. The molecule has 3 amide bonds. The highest BCUT2D eigenvalue weighted by Gasteiger charge is 2.26. The molecule has 1 rings (SSSR count). The molecule has 0 aromatic heterocycles. The van der Waals surface area contributed by atoms with E-state index in [9.17, 15) is 19.2 Å². The molecule has 9 nitrogen and oxygen atoms in total. The average molecular weight is 366 g/mol. The molecule has 0 aliphatic rings. The molecule has 0 heterocycles. The van der Waals surface area contributed by atoms with Gasteiger partial charge in [-0.25, -0.2) is 14.4 Å². The molecule has 0 saturated carbocycles. The molecular weight excluding hydrogens is 344 g/mol. The monoisotopic (exact) mass is 366 g/mol. The number of hydrogen-bond donors (Lipinski definition) is 3. The summed E-state index contributed by atoms with van der Waals surface area (Å²) < 4.78 is 9.79. The van der Waals surface area contributed by atoms with Crippen molar-refractivity contribution in [2.24, 2.45) is 0 Å². The van der Waals surface area contributed by atoms with E-state index in [1.165, 1.54) is 0 Å². The van der Waals surface area contributed by atoms with Crippen LogP contribution in [0.2, 0.25) is 0 Å². The summed E-state index contributed by atoms with van der Waals surface area (Å²) >= 11 is 0. The maximum atomic E-state index is 11.7. The molecule has 0 spiro atoms. The van der Waals surface area contributed by atoms with Gasteiger partial charge < -0.3 is 19.9 Å². The summed E-state index contributed by atoms with van der Waals surface area (Å²) in [6.45, 7) is 4.79. The smallest absolute Gasteiger partial charge is 0.414 e. The topological polar surface area (TPSA) is 131 Å². The maximum absolute atomic E-state index is 11.7. The summed E-state index contributed by atoms with van der Waals surface area (Å²) in [7, 11) is 0. The van der Waals surface area contributed by atoms with Gasteiger partial charge >= 0.3 is 18.2 Å². The van der Waals surface area contributed by atoms with E-state index >= 15 is 0 Å². The molecular formula is C17H22N2O7. The highest BCUT2D eigenvalue weighted by molar-refractivity contribution is 5.95. The second-order valence-corrected chi connectivity index (χ2v) is 6.35. The number of alkyl carbamates (subject to hydrolysis) is 2. The first kappa shape index (κ1) is 20.9. The minimum absolute atomic E-state index is 0.0525. The number of amides is 3. The summed E-state index contributed by atoms with van der Waals surface area (Å²) in [4.78, 5) is 46.1. The molecule has 0 fully saturated rings. The van der Waals surface area contributed by atoms with Crippen LogP contribution >= 0.6 is 0 Å². The third-order valence-corrected chi connectivity index (χ3v) is 2.83. The van der Waals surface area contributed by atoms with Crippen LogP contribution in [0.1, 0.15) is 32.8 Å².